The fourth-order valence-corrected chi connectivity index (χ4v) is 2.02. The van der Waals surface area contributed by atoms with Crippen LogP contribution in [-0.2, 0) is 6.42 Å². The molecule has 96 valence electrons. The molecule has 0 aromatic carbocycles. The van der Waals surface area contributed by atoms with Crippen LogP contribution in [0.3, 0.4) is 0 Å². The molecule has 1 rings (SSSR count). The minimum absolute atomic E-state index is 0.322. The van der Waals surface area contributed by atoms with Gasteiger partial charge in [0.2, 0.25) is 0 Å². The molecule has 0 radical (unpaired) electrons. The summed E-state index contributed by atoms with van der Waals surface area (Å²) in [4.78, 5) is 4.06. The van der Waals surface area contributed by atoms with Crippen molar-refractivity contribution in [2.45, 2.75) is 53.0 Å². The zero-order chi connectivity index (χ0) is 12.7. The van der Waals surface area contributed by atoms with Crippen molar-refractivity contribution in [3.05, 3.63) is 30.1 Å². The largest absolute Gasteiger partial charge is 0.313 e. The number of hydrogen-bond acceptors (Lipinski definition) is 2. The Hall–Kier alpha value is -0.890. The third kappa shape index (κ3) is 5.31. The first kappa shape index (κ1) is 14.2. The molecule has 0 spiro atoms. The lowest BCUT2D eigenvalue weighted by Gasteiger charge is -2.32. The van der Waals surface area contributed by atoms with Crippen LogP contribution >= 0.6 is 0 Å². The Morgan fingerprint density at radius 3 is 2.41 bits per heavy atom. The summed E-state index contributed by atoms with van der Waals surface area (Å²) in [6.07, 6.45) is 7.26. The zero-order valence-electron chi connectivity index (χ0n) is 11.7. The molecule has 2 heteroatoms. The molecule has 0 saturated heterocycles. The van der Waals surface area contributed by atoms with Crippen LogP contribution in [0.25, 0.3) is 0 Å². The second kappa shape index (κ2) is 6.75. The van der Waals surface area contributed by atoms with Gasteiger partial charge in [0.15, 0.2) is 0 Å². The fourth-order valence-electron chi connectivity index (χ4n) is 2.02. The van der Waals surface area contributed by atoms with E-state index in [1.54, 1.807) is 0 Å². The number of aromatic nitrogens is 1. The van der Waals surface area contributed by atoms with Crippen molar-refractivity contribution in [3.8, 4) is 0 Å². The summed E-state index contributed by atoms with van der Waals surface area (Å²) in [5, 5.41) is 3.66. The van der Waals surface area contributed by atoms with Crippen LogP contribution in [0, 0.1) is 5.41 Å². The molecule has 1 N–H and O–H groups in total. The van der Waals surface area contributed by atoms with E-state index in [9.17, 15) is 0 Å². The Morgan fingerprint density at radius 1 is 1.24 bits per heavy atom. The summed E-state index contributed by atoms with van der Waals surface area (Å²) >= 11 is 0. The van der Waals surface area contributed by atoms with Crippen LogP contribution < -0.4 is 5.32 Å². The zero-order valence-corrected chi connectivity index (χ0v) is 11.7. The highest BCUT2D eigenvalue weighted by Crippen LogP contribution is 2.23. The quantitative estimate of drug-likeness (QED) is 0.815. The number of aryl methyl sites for hydroxylation is 1. The summed E-state index contributed by atoms with van der Waals surface area (Å²) in [6.45, 7) is 10.3. The van der Waals surface area contributed by atoms with E-state index in [4.69, 9.17) is 0 Å². The molecule has 1 unspecified atom stereocenters. The molecule has 1 aromatic rings. The highest BCUT2D eigenvalue weighted by molar-refractivity contribution is 5.10. The van der Waals surface area contributed by atoms with Crippen LogP contribution in [0.2, 0.25) is 0 Å². The van der Waals surface area contributed by atoms with Crippen molar-refractivity contribution in [3.63, 3.8) is 0 Å². The minimum Gasteiger partial charge on any atom is -0.313 e. The smallest absolute Gasteiger partial charge is 0.0270 e. The van der Waals surface area contributed by atoms with Crippen LogP contribution in [0.15, 0.2) is 24.5 Å². The van der Waals surface area contributed by atoms with Gasteiger partial charge in [-0.2, -0.15) is 0 Å². The average molecular weight is 234 g/mol. The van der Waals surface area contributed by atoms with E-state index in [1.807, 2.05) is 12.4 Å². The molecule has 1 heterocycles. The van der Waals surface area contributed by atoms with Gasteiger partial charge < -0.3 is 5.32 Å². The molecule has 0 bridgehead atoms. The van der Waals surface area contributed by atoms with E-state index < -0.39 is 0 Å². The maximum atomic E-state index is 4.06. The molecular formula is C15H26N2. The Bertz CT molecular complexity index is 300. The topological polar surface area (TPSA) is 24.9 Å². The standard InChI is InChI=1S/C15H26N2/c1-5-10-17-14(15(2,3)4)7-6-13-8-11-16-12-9-13/h8-9,11-12,14,17H,5-7,10H2,1-4H3. The molecule has 17 heavy (non-hydrogen) atoms. The van der Waals surface area contributed by atoms with Gasteiger partial charge in [0.05, 0.1) is 0 Å². The normalized spacial score (nSPS) is 13.6. The second-order valence-electron chi connectivity index (χ2n) is 5.77. The number of rotatable bonds is 6. The number of hydrogen-bond donors (Lipinski definition) is 1. The predicted octanol–water partition coefficient (Wildman–Crippen LogP) is 3.43. The van der Waals surface area contributed by atoms with Crippen LogP contribution in [0.4, 0.5) is 0 Å². The van der Waals surface area contributed by atoms with Crippen molar-refractivity contribution >= 4 is 0 Å². The van der Waals surface area contributed by atoms with Crippen LogP contribution in [0.1, 0.15) is 46.1 Å². The van der Waals surface area contributed by atoms with Crippen molar-refractivity contribution in [2.75, 3.05) is 6.54 Å². The van der Waals surface area contributed by atoms with E-state index in [1.165, 1.54) is 18.4 Å². The van der Waals surface area contributed by atoms with Gasteiger partial charge in [-0.3, -0.25) is 4.98 Å². The monoisotopic (exact) mass is 234 g/mol. The average Bonchev–Trinajstić information content (AvgIpc) is 2.29. The van der Waals surface area contributed by atoms with Crippen molar-refractivity contribution in [1.82, 2.24) is 10.3 Å². The number of pyridine rings is 1. The lowest BCUT2D eigenvalue weighted by molar-refractivity contribution is 0.255. The summed E-state index contributed by atoms with van der Waals surface area (Å²) in [5.74, 6) is 0. The van der Waals surface area contributed by atoms with Gasteiger partial charge in [-0.25, -0.2) is 0 Å². The lowest BCUT2D eigenvalue weighted by Crippen LogP contribution is -2.41. The highest BCUT2D eigenvalue weighted by Gasteiger charge is 2.23. The SMILES string of the molecule is CCCNC(CCc1ccncc1)C(C)(C)C. The molecule has 1 atom stereocenters. The van der Waals surface area contributed by atoms with Crippen molar-refractivity contribution in [1.29, 1.82) is 0 Å². The molecule has 0 saturated carbocycles. The van der Waals surface area contributed by atoms with Crippen LogP contribution in [-0.4, -0.2) is 17.6 Å². The van der Waals surface area contributed by atoms with Gasteiger partial charge in [-0.15, -0.1) is 0 Å². The van der Waals surface area contributed by atoms with Gasteiger partial charge in [0.25, 0.3) is 0 Å². The lowest BCUT2D eigenvalue weighted by atomic mass is 9.83. The molecule has 0 fully saturated rings. The Balaban J connectivity index is 2.49. The first-order chi connectivity index (χ1) is 8.04. The second-order valence-corrected chi connectivity index (χ2v) is 5.77. The third-order valence-electron chi connectivity index (χ3n) is 3.16. The van der Waals surface area contributed by atoms with Crippen LogP contribution in [0.5, 0.6) is 0 Å². The fraction of sp³-hybridized carbons (Fsp3) is 0.667. The molecule has 0 aliphatic carbocycles. The van der Waals surface area contributed by atoms with E-state index in [0.717, 1.165) is 13.0 Å². The molecular weight excluding hydrogens is 208 g/mol. The van der Waals surface area contributed by atoms with Crippen molar-refractivity contribution in [2.24, 2.45) is 5.41 Å². The molecule has 2 nitrogen and oxygen atoms in total. The summed E-state index contributed by atoms with van der Waals surface area (Å²) < 4.78 is 0. The van der Waals surface area contributed by atoms with E-state index in [2.05, 4.69) is 50.1 Å². The Kier molecular flexibility index (Phi) is 5.63. The first-order valence-electron chi connectivity index (χ1n) is 6.66. The Labute approximate surface area is 106 Å². The number of nitrogens with zero attached hydrogens (tertiary/aromatic N) is 1. The molecule has 0 amide bonds. The number of nitrogens with one attached hydrogen (secondary N) is 1. The van der Waals surface area contributed by atoms with Crippen molar-refractivity contribution < 1.29 is 0 Å². The molecule has 0 aliphatic rings. The predicted molar refractivity (Wildman–Crippen MR) is 74.1 cm³/mol. The minimum atomic E-state index is 0.322. The van der Waals surface area contributed by atoms with E-state index in [-0.39, 0.29) is 0 Å². The summed E-state index contributed by atoms with van der Waals surface area (Å²) in [7, 11) is 0. The van der Waals surface area contributed by atoms with Gasteiger partial charge in [-0.05, 0) is 48.9 Å². The van der Waals surface area contributed by atoms with E-state index >= 15 is 0 Å². The van der Waals surface area contributed by atoms with Gasteiger partial charge in [0, 0.05) is 18.4 Å². The summed E-state index contributed by atoms with van der Waals surface area (Å²) in [5.41, 5.74) is 1.70. The summed E-state index contributed by atoms with van der Waals surface area (Å²) in [6, 6.07) is 4.80. The van der Waals surface area contributed by atoms with Gasteiger partial charge >= 0.3 is 0 Å². The highest BCUT2D eigenvalue weighted by atomic mass is 14.9. The maximum Gasteiger partial charge on any atom is 0.0270 e. The maximum absolute atomic E-state index is 4.06. The Morgan fingerprint density at radius 2 is 1.88 bits per heavy atom. The molecule has 1 aromatic heterocycles. The van der Waals surface area contributed by atoms with Gasteiger partial charge in [-0.1, -0.05) is 27.7 Å². The molecule has 0 aliphatic heterocycles. The van der Waals surface area contributed by atoms with Gasteiger partial charge in [0.1, 0.15) is 0 Å². The van der Waals surface area contributed by atoms with E-state index in [0.29, 0.717) is 11.5 Å². The first-order valence-corrected chi connectivity index (χ1v) is 6.66. The third-order valence-corrected chi connectivity index (χ3v) is 3.16.